The first-order valence-corrected chi connectivity index (χ1v) is 15.8. The fourth-order valence-corrected chi connectivity index (χ4v) is 4.85. The number of nitrogens with zero attached hydrogens (tertiary/aromatic N) is 3. The highest BCUT2D eigenvalue weighted by atomic mass is 28.3. The minimum Gasteiger partial charge on any atom is -0.381 e. The molecule has 3 heterocycles. The summed E-state index contributed by atoms with van der Waals surface area (Å²) in [6.45, 7) is 14.3. The molecule has 1 saturated heterocycles. The Kier molecular flexibility index (Phi) is 7.34. The van der Waals surface area contributed by atoms with Crippen LogP contribution in [0.5, 0.6) is 0 Å². The summed E-state index contributed by atoms with van der Waals surface area (Å²) in [5.41, 5.74) is 3.24. The van der Waals surface area contributed by atoms with Crippen LogP contribution in [0.4, 0.5) is 0 Å². The van der Waals surface area contributed by atoms with Gasteiger partial charge < -0.3 is 19.1 Å². The Hall–Kier alpha value is -2.37. The first-order valence-electron chi connectivity index (χ1n) is 12.1. The number of aromatic nitrogens is 3. The summed E-state index contributed by atoms with van der Waals surface area (Å²) in [6.07, 6.45) is 7.29. The van der Waals surface area contributed by atoms with E-state index in [0.717, 1.165) is 60.9 Å². The van der Waals surface area contributed by atoms with E-state index in [9.17, 15) is 5.11 Å². The average molecular weight is 480 g/mol. The van der Waals surface area contributed by atoms with Crippen LogP contribution >= 0.6 is 0 Å². The van der Waals surface area contributed by atoms with E-state index in [0.29, 0.717) is 12.6 Å². The monoisotopic (exact) mass is 479 g/mol. The van der Waals surface area contributed by atoms with Crippen molar-refractivity contribution in [2.75, 3.05) is 19.8 Å². The van der Waals surface area contributed by atoms with E-state index in [1.54, 1.807) is 13.8 Å². The van der Waals surface area contributed by atoms with Gasteiger partial charge in [0.05, 0.1) is 12.8 Å². The Balaban J connectivity index is 1.62. The largest absolute Gasteiger partial charge is 0.381 e. The van der Waals surface area contributed by atoms with E-state index in [-0.39, 0.29) is 0 Å². The molecule has 1 fully saturated rings. The van der Waals surface area contributed by atoms with Gasteiger partial charge in [0.2, 0.25) is 0 Å². The molecule has 6 nitrogen and oxygen atoms in total. The molecule has 0 spiro atoms. The highest BCUT2D eigenvalue weighted by Gasteiger charge is 2.19. The van der Waals surface area contributed by atoms with Crippen LogP contribution in [0.25, 0.3) is 22.0 Å². The number of ether oxygens (including phenoxy) is 2. The van der Waals surface area contributed by atoms with Crippen molar-refractivity contribution in [1.29, 1.82) is 0 Å². The number of rotatable bonds is 8. The topological polar surface area (TPSA) is 61.4 Å². The summed E-state index contributed by atoms with van der Waals surface area (Å²) in [5.74, 6) is 6.57. The molecule has 3 aromatic rings. The van der Waals surface area contributed by atoms with Crippen LogP contribution in [0.15, 0.2) is 36.8 Å². The lowest BCUT2D eigenvalue weighted by Crippen LogP contribution is -2.22. The maximum absolute atomic E-state index is 10.0. The van der Waals surface area contributed by atoms with Crippen molar-refractivity contribution in [3.8, 4) is 23.0 Å². The number of hydrogen-bond acceptors (Lipinski definition) is 4. The molecule has 1 atom stereocenters. The van der Waals surface area contributed by atoms with Crippen LogP contribution in [-0.2, 0) is 22.7 Å². The summed E-state index contributed by atoms with van der Waals surface area (Å²) >= 11 is 0. The zero-order valence-electron chi connectivity index (χ0n) is 21.1. The molecule has 182 valence electrons. The van der Waals surface area contributed by atoms with Gasteiger partial charge in [-0.1, -0.05) is 31.5 Å². The van der Waals surface area contributed by atoms with Crippen LogP contribution in [0, 0.1) is 17.8 Å². The first kappa shape index (κ1) is 24.7. The molecule has 34 heavy (non-hydrogen) atoms. The van der Waals surface area contributed by atoms with Crippen molar-refractivity contribution in [3.63, 3.8) is 0 Å². The molecule has 2 aromatic heterocycles. The zero-order chi connectivity index (χ0) is 24.3. The van der Waals surface area contributed by atoms with Crippen molar-refractivity contribution in [1.82, 2.24) is 14.3 Å². The molecule has 1 N–H and O–H groups in total. The van der Waals surface area contributed by atoms with Gasteiger partial charge in [0.15, 0.2) is 0 Å². The molecule has 1 aliphatic rings. The number of aliphatic hydroxyl groups is 1. The fraction of sp³-hybridized carbons (Fsp3) is 0.519. The third kappa shape index (κ3) is 6.61. The predicted octanol–water partition coefficient (Wildman–Crippen LogP) is 4.98. The van der Waals surface area contributed by atoms with Gasteiger partial charge in [-0.15, -0.1) is 0 Å². The molecular formula is C27H37N3O3Si. The van der Waals surface area contributed by atoms with Crippen molar-refractivity contribution in [2.45, 2.75) is 64.8 Å². The molecule has 4 rings (SSSR count). The quantitative estimate of drug-likeness (QED) is 0.281. The maximum Gasteiger partial charge on any atom is 0.139 e. The second kappa shape index (κ2) is 10.1. The van der Waals surface area contributed by atoms with E-state index in [1.165, 1.54) is 5.52 Å². The summed E-state index contributed by atoms with van der Waals surface area (Å²) in [7, 11) is -1.10. The van der Waals surface area contributed by atoms with Gasteiger partial charge in [-0.05, 0) is 44.5 Å². The highest BCUT2D eigenvalue weighted by Crippen LogP contribution is 2.32. The maximum atomic E-state index is 10.0. The molecule has 1 unspecified atom stereocenters. The standard InChI is InChI=1S/C27H37N3O3Si/c1-27(2,31)10-8-21-6-7-26-24(14-21)25(18-29(26)16-22-9-11-32-19-22)23-15-28-30(17-23)20-33-12-13-34(3,4)5/h6-7,14-15,17-18,22,31H,9,11-13,16,19-20H2,1-5H3. The molecule has 0 bridgehead atoms. The van der Waals surface area contributed by atoms with Crippen LogP contribution < -0.4 is 0 Å². The van der Waals surface area contributed by atoms with Crippen molar-refractivity contribution < 1.29 is 14.6 Å². The summed E-state index contributed by atoms with van der Waals surface area (Å²) in [4.78, 5) is 0. The second-order valence-electron chi connectivity index (χ2n) is 11.1. The Labute approximate surface area is 203 Å². The number of fused-ring (bicyclic) bond motifs is 1. The van der Waals surface area contributed by atoms with E-state index < -0.39 is 13.7 Å². The molecule has 0 saturated carbocycles. The van der Waals surface area contributed by atoms with Gasteiger partial charge in [-0.25, -0.2) is 4.68 Å². The van der Waals surface area contributed by atoms with E-state index in [4.69, 9.17) is 9.47 Å². The Morgan fingerprint density at radius 3 is 2.79 bits per heavy atom. The van der Waals surface area contributed by atoms with Gasteiger partial charge in [-0.3, -0.25) is 0 Å². The van der Waals surface area contributed by atoms with Crippen LogP contribution in [0.3, 0.4) is 0 Å². The first-order chi connectivity index (χ1) is 16.1. The minimum atomic E-state index is -1.10. The molecule has 0 aliphatic carbocycles. The average Bonchev–Trinajstić information content (AvgIpc) is 3.49. The van der Waals surface area contributed by atoms with E-state index >= 15 is 0 Å². The number of hydrogen-bond donors (Lipinski definition) is 1. The molecular weight excluding hydrogens is 442 g/mol. The SMILES string of the molecule is CC(C)(O)C#Cc1ccc2c(c1)c(-c1cnn(COCC[Si](C)(C)C)c1)cn2CC1CCOC1. The normalized spacial score (nSPS) is 16.7. The van der Waals surface area contributed by atoms with Crippen LogP contribution in [0.1, 0.15) is 25.8 Å². The lowest BCUT2D eigenvalue weighted by Gasteiger charge is -2.15. The lowest BCUT2D eigenvalue weighted by molar-refractivity contribution is 0.0786. The number of benzene rings is 1. The Morgan fingerprint density at radius 1 is 1.26 bits per heavy atom. The summed E-state index contributed by atoms with van der Waals surface area (Å²) < 4.78 is 15.7. The van der Waals surface area contributed by atoms with E-state index in [2.05, 4.69) is 65.7 Å². The fourth-order valence-electron chi connectivity index (χ4n) is 4.10. The highest BCUT2D eigenvalue weighted by molar-refractivity contribution is 6.76. The Bertz CT molecular complexity index is 1180. The molecule has 7 heteroatoms. The minimum absolute atomic E-state index is 0.463. The molecule has 1 aliphatic heterocycles. The summed E-state index contributed by atoms with van der Waals surface area (Å²) in [5, 5.41) is 15.7. The van der Waals surface area contributed by atoms with Crippen molar-refractivity contribution in [2.24, 2.45) is 5.92 Å². The van der Waals surface area contributed by atoms with Gasteiger partial charge in [0.1, 0.15) is 12.3 Å². The molecule has 0 amide bonds. The van der Waals surface area contributed by atoms with Crippen molar-refractivity contribution >= 4 is 19.0 Å². The van der Waals surface area contributed by atoms with E-state index in [1.807, 2.05) is 16.9 Å². The lowest BCUT2D eigenvalue weighted by atomic mass is 10.0. The molecule has 1 aromatic carbocycles. The third-order valence-corrected chi connectivity index (χ3v) is 7.74. The third-order valence-electron chi connectivity index (χ3n) is 6.04. The van der Waals surface area contributed by atoms with Crippen LogP contribution in [0.2, 0.25) is 25.7 Å². The van der Waals surface area contributed by atoms with Crippen molar-refractivity contribution in [3.05, 3.63) is 42.4 Å². The second-order valence-corrected chi connectivity index (χ2v) is 16.7. The van der Waals surface area contributed by atoms with Gasteiger partial charge in [0.25, 0.3) is 0 Å². The predicted molar refractivity (Wildman–Crippen MR) is 139 cm³/mol. The van der Waals surface area contributed by atoms with Gasteiger partial charge >= 0.3 is 0 Å². The molecule has 0 radical (unpaired) electrons. The van der Waals surface area contributed by atoms with Crippen LogP contribution in [-0.4, -0.2) is 52.9 Å². The zero-order valence-corrected chi connectivity index (χ0v) is 22.1. The smallest absolute Gasteiger partial charge is 0.139 e. The van der Waals surface area contributed by atoms with Gasteiger partial charge in [-0.2, -0.15) is 5.10 Å². The summed E-state index contributed by atoms with van der Waals surface area (Å²) in [6, 6.07) is 7.43. The van der Waals surface area contributed by atoms with Gasteiger partial charge in [0, 0.05) is 73.7 Å². The Morgan fingerprint density at radius 2 is 2.09 bits per heavy atom.